The van der Waals surface area contributed by atoms with Crippen LogP contribution in [0.15, 0.2) is 5.16 Å². The van der Waals surface area contributed by atoms with Crippen molar-refractivity contribution in [2.24, 2.45) is 10.6 Å². The molecule has 0 spiro atoms. The summed E-state index contributed by atoms with van der Waals surface area (Å²) in [7, 11) is 0. The summed E-state index contributed by atoms with van der Waals surface area (Å²) in [6.45, 7) is 10.9. The summed E-state index contributed by atoms with van der Waals surface area (Å²) in [6, 6.07) is 0. The predicted octanol–water partition coefficient (Wildman–Crippen LogP) is 3.37. The van der Waals surface area contributed by atoms with Crippen LogP contribution in [0, 0.1) is 5.41 Å². The summed E-state index contributed by atoms with van der Waals surface area (Å²) in [5, 5.41) is 4.22. The van der Waals surface area contributed by atoms with Crippen molar-refractivity contribution in [3.63, 3.8) is 0 Å². The van der Waals surface area contributed by atoms with Crippen LogP contribution < -0.4 is 0 Å². The van der Waals surface area contributed by atoms with Gasteiger partial charge in [0.25, 0.3) is 0 Å². The van der Waals surface area contributed by atoms with Gasteiger partial charge >= 0.3 is 0 Å². The SMILES string of the molecule is CCC1(CC)CC(C(C)(C)C)=NO1. The van der Waals surface area contributed by atoms with E-state index in [2.05, 4.69) is 39.8 Å². The van der Waals surface area contributed by atoms with Crippen molar-refractivity contribution >= 4 is 5.71 Å². The zero-order valence-corrected chi connectivity index (χ0v) is 9.48. The molecule has 0 aromatic rings. The van der Waals surface area contributed by atoms with Gasteiger partial charge in [-0.1, -0.05) is 39.8 Å². The third-order valence-corrected chi connectivity index (χ3v) is 2.99. The van der Waals surface area contributed by atoms with Crippen LogP contribution in [0.25, 0.3) is 0 Å². The first-order valence-corrected chi connectivity index (χ1v) is 5.19. The fourth-order valence-corrected chi connectivity index (χ4v) is 1.55. The number of rotatable bonds is 2. The second-order valence-electron chi connectivity index (χ2n) is 4.95. The Bertz CT molecular complexity index is 209. The van der Waals surface area contributed by atoms with E-state index in [1.165, 1.54) is 5.71 Å². The molecule has 0 unspecified atom stereocenters. The molecule has 0 bridgehead atoms. The standard InChI is InChI=1S/C11H21NO/c1-6-11(7-2)8-9(12-13-11)10(3,4)5/h6-8H2,1-5H3. The van der Waals surface area contributed by atoms with Crippen LogP contribution in [0.4, 0.5) is 0 Å². The first-order chi connectivity index (χ1) is 5.93. The summed E-state index contributed by atoms with van der Waals surface area (Å²) < 4.78 is 0. The molecule has 1 aliphatic heterocycles. The third-order valence-electron chi connectivity index (χ3n) is 2.99. The molecule has 0 amide bonds. The average molecular weight is 183 g/mol. The number of hydrogen-bond acceptors (Lipinski definition) is 2. The Morgan fingerprint density at radius 3 is 2.08 bits per heavy atom. The van der Waals surface area contributed by atoms with E-state index in [0.717, 1.165) is 19.3 Å². The maximum atomic E-state index is 5.57. The van der Waals surface area contributed by atoms with Gasteiger partial charge in [-0.05, 0) is 12.8 Å². The number of hydrogen-bond donors (Lipinski definition) is 0. The zero-order chi connectivity index (χ0) is 10.1. The van der Waals surface area contributed by atoms with Gasteiger partial charge in [0.15, 0.2) is 0 Å². The maximum Gasteiger partial charge on any atom is 0.142 e. The Kier molecular flexibility index (Phi) is 2.69. The topological polar surface area (TPSA) is 21.6 Å². The molecule has 1 aliphatic rings. The molecule has 2 nitrogen and oxygen atoms in total. The zero-order valence-electron chi connectivity index (χ0n) is 9.48. The van der Waals surface area contributed by atoms with Crippen molar-refractivity contribution in [2.75, 3.05) is 0 Å². The quantitative estimate of drug-likeness (QED) is 0.643. The molecule has 0 fully saturated rings. The van der Waals surface area contributed by atoms with Crippen LogP contribution in [0.3, 0.4) is 0 Å². The Balaban J connectivity index is 2.70. The third kappa shape index (κ3) is 2.04. The second-order valence-corrected chi connectivity index (χ2v) is 4.95. The number of oxime groups is 1. The van der Waals surface area contributed by atoms with Gasteiger partial charge in [-0.3, -0.25) is 0 Å². The maximum absolute atomic E-state index is 5.57. The molecule has 0 saturated heterocycles. The molecule has 0 radical (unpaired) electrons. The summed E-state index contributed by atoms with van der Waals surface area (Å²) in [4.78, 5) is 5.57. The lowest BCUT2D eigenvalue weighted by molar-refractivity contribution is -0.0243. The van der Waals surface area contributed by atoms with Gasteiger partial charge in [0, 0.05) is 11.8 Å². The van der Waals surface area contributed by atoms with Crippen molar-refractivity contribution in [2.45, 2.75) is 59.5 Å². The minimum Gasteiger partial charge on any atom is -0.389 e. The van der Waals surface area contributed by atoms with Gasteiger partial charge in [0.1, 0.15) is 5.60 Å². The van der Waals surface area contributed by atoms with Crippen molar-refractivity contribution in [1.82, 2.24) is 0 Å². The first-order valence-electron chi connectivity index (χ1n) is 5.19. The lowest BCUT2D eigenvalue weighted by atomic mass is 9.81. The van der Waals surface area contributed by atoms with Crippen molar-refractivity contribution in [3.05, 3.63) is 0 Å². The van der Waals surface area contributed by atoms with E-state index in [1.54, 1.807) is 0 Å². The molecule has 0 saturated carbocycles. The molecule has 76 valence electrons. The van der Waals surface area contributed by atoms with Gasteiger partial charge < -0.3 is 4.84 Å². The lowest BCUT2D eigenvalue weighted by Gasteiger charge is -2.24. The molecular formula is C11H21NO. The molecule has 0 atom stereocenters. The van der Waals surface area contributed by atoms with Gasteiger partial charge in [0.2, 0.25) is 0 Å². The largest absolute Gasteiger partial charge is 0.389 e. The molecule has 1 rings (SSSR count). The highest BCUT2D eigenvalue weighted by molar-refractivity contribution is 5.90. The van der Waals surface area contributed by atoms with E-state index in [9.17, 15) is 0 Å². The summed E-state index contributed by atoms with van der Waals surface area (Å²) in [5.41, 5.74) is 1.37. The van der Waals surface area contributed by atoms with Crippen LogP contribution in [-0.2, 0) is 4.84 Å². The minimum atomic E-state index is 0.00259. The van der Waals surface area contributed by atoms with Gasteiger partial charge in [-0.15, -0.1) is 0 Å². The van der Waals surface area contributed by atoms with E-state index in [4.69, 9.17) is 4.84 Å². The second kappa shape index (κ2) is 3.32. The monoisotopic (exact) mass is 183 g/mol. The van der Waals surface area contributed by atoms with Crippen LogP contribution in [0.2, 0.25) is 0 Å². The fraction of sp³-hybridized carbons (Fsp3) is 0.909. The Labute approximate surface area is 81.3 Å². The van der Waals surface area contributed by atoms with Crippen molar-refractivity contribution in [1.29, 1.82) is 0 Å². The number of nitrogens with zero attached hydrogens (tertiary/aromatic N) is 1. The molecule has 1 heterocycles. The molecule has 2 heteroatoms. The first kappa shape index (κ1) is 10.6. The molecule has 0 aromatic carbocycles. The fourth-order valence-electron chi connectivity index (χ4n) is 1.55. The summed E-state index contributed by atoms with van der Waals surface area (Å²) in [6.07, 6.45) is 3.10. The van der Waals surface area contributed by atoms with Gasteiger partial charge in [-0.25, -0.2) is 0 Å². The molecule has 0 aromatic heterocycles. The summed E-state index contributed by atoms with van der Waals surface area (Å²) in [5.74, 6) is 0. The van der Waals surface area contributed by atoms with E-state index in [-0.39, 0.29) is 11.0 Å². The highest BCUT2D eigenvalue weighted by Gasteiger charge is 2.39. The van der Waals surface area contributed by atoms with Crippen LogP contribution in [0.5, 0.6) is 0 Å². The van der Waals surface area contributed by atoms with Gasteiger partial charge in [-0.2, -0.15) is 0 Å². The van der Waals surface area contributed by atoms with Crippen LogP contribution in [0.1, 0.15) is 53.9 Å². The molecular weight excluding hydrogens is 162 g/mol. The average Bonchev–Trinajstić information content (AvgIpc) is 2.48. The van der Waals surface area contributed by atoms with Crippen LogP contribution >= 0.6 is 0 Å². The van der Waals surface area contributed by atoms with Crippen molar-refractivity contribution < 1.29 is 4.84 Å². The highest BCUT2D eigenvalue weighted by Crippen LogP contribution is 2.35. The summed E-state index contributed by atoms with van der Waals surface area (Å²) >= 11 is 0. The van der Waals surface area contributed by atoms with Crippen LogP contribution in [-0.4, -0.2) is 11.3 Å². The van der Waals surface area contributed by atoms with Crippen molar-refractivity contribution in [3.8, 4) is 0 Å². The van der Waals surface area contributed by atoms with E-state index in [0.29, 0.717) is 0 Å². The molecule has 0 N–H and O–H groups in total. The molecule has 13 heavy (non-hydrogen) atoms. The minimum absolute atomic E-state index is 0.00259. The lowest BCUT2D eigenvalue weighted by Crippen LogP contribution is -2.30. The normalized spacial score (nSPS) is 21.2. The Morgan fingerprint density at radius 1 is 1.31 bits per heavy atom. The van der Waals surface area contributed by atoms with Gasteiger partial charge in [0.05, 0.1) is 5.71 Å². The Hall–Kier alpha value is -0.530. The van der Waals surface area contributed by atoms with E-state index >= 15 is 0 Å². The predicted molar refractivity (Wildman–Crippen MR) is 55.9 cm³/mol. The smallest absolute Gasteiger partial charge is 0.142 e. The molecule has 0 aliphatic carbocycles. The van der Waals surface area contributed by atoms with E-state index in [1.807, 2.05) is 0 Å². The Morgan fingerprint density at radius 2 is 1.85 bits per heavy atom. The highest BCUT2D eigenvalue weighted by atomic mass is 16.7. The van der Waals surface area contributed by atoms with E-state index < -0.39 is 0 Å².